The van der Waals surface area contributed by atoms with Crippen molar-refractivity contribution in [2.75, 3.05) is 0 Å². The molecule has 18 heavy (non-hydrogen) atoms. The Morgan fingerprint density at radius 3 is 2.78 bits per heavy atom. The summed E-state index contributed by atoms with van der Waals surface area (Å²) in [5.41, 5.74) is 1.55. The third-order valence-corrected chi connectivity index (χ3v) is 4.57. The van der Waals surface area contributed by atoms with E-state index in [4.69, 9.17) is 0 Å². The first kappa shape index (κ1) is 11.7. The SMILES string of the molecule is Cc1ccc(-c2nn(C3CCCC3)cc2C=O)s1. The van der Waals surface area contributed by atoms with Crippen molar-refractivity contribution in [2.24, 2.45) is 0 Å². The summed E-state index contributed by atoms with van der Waals surface area (Å²) in [6.07, 6.45) is 7.74. The lowest BCUT2D eigenvalue weighted by molar-refractivity contribution is 0.112. The molecule has 1 aliphatic carbocycles. The summed E-state index contributed by atoms with van der Waals surface area (Å²) in [5, 5.41) is 4.64. The van der Waals surface area contributed by atoms with E-state index >= 15 is 0 Å². The molecule has 3 nitrogen and oxygen atoms in total. The van der Waals surface area contributed by atoms with Crippen molar-refractivity contribution < 1.29 is 4.79 Å². The van der Waals surface area contributed by atoms with Crippen LogP contribution in [0.4, 0.5) is 0 Å². The van der Waals surface area contributed by atoms with Gasteiger partial charge < -0.3 is 0 Å². The highest BCUT2D eigenvalue weighted by Gasteiger charge is 2.20. The second-order valence-corrected chi connectivity index (χ2v) is 6.17. The molecule has 0 aromatic carbocycles. The Morgan fingerprint density at radius 2 is 2.17 bits per heavy atom. The minimum Gasteiger partial charge on any atom is -0.298 e. The molecule has 0 spiro atoms. The average Bonchev–Trinajstić information content (AvgIpc) is 3.07. The third-order valence-electron chi connectivity index (χ3n) is 3.56. The summed E-state index contributed by atoms with van der Waals surface area (Å²) >= 11 is 1.69. The minimum atomic E-state index is 0.485. The van der Waals surface area contributed by atoms with Crippen LogP contribution in [0.1, 0.15) is 47.0 Å². The quantitative estimate of drug-likeness (QED) is 0.786. The van der Waals surface area contributed by atoms with E-state index in [1.165, 1.54) is 30.6 Å². The number of carbonyl (C=O) groups excluding carboxylic acids is 1. The lowest BCUT2D eigenvalue weighted by Crippen LogP contribution is -2.04. The molecule has 0 saturated heterocycles. The van der Waals surface area contributed by atoms with Gasteiger partial charge in [0.05, 0.1) is 16.5 Å². The maximum Gasteiger partial charge on any atom is 0.153 e. The fourth-order valence-electron chi connectivity index (χ4n) is 2.60. The topological polar surface area (TPSA) is 34.9 Å². The summed E-state index contributed by atoms with van der Waals surface area (Å²) in [6.45, 7) is 2.07. The first-order chi connectivity index (χ1) is 8.78. The molecule has 94 valence electrons. The number of nitrogens with zero attached hydrogens (tertiary/aromatic N) is 2. The Balaban J connectivity index is 2.00. The lowest BCUT2D eigenvalue weighted by atomic mass is 10.2. The number of thiophene rings is 1. The van der Waals surface area contributed by atoms with Crippen molar-refractivity contribution in [1.82, 2.24) is 9.78 Å². The molecule has 0 atom stereocenters. The van der Waals surface area contributed by atoms with Gasteiger partial charge in [-0.1, -0.05) is 12.8 Å². The van der Waals surface area contributed by atoms with Gasteiger partial charge in [-0.05, 0) is 31.9 Å². The third kappa shape index (κ3) is 2.01. The van der Waals surface area contributed by atoms with Crippen LogP contribution in [0, 0.1) is 6.92 Å². The van der Waals surface area contributed by atoms with E-state index in [0.717, 1.165) is 16.9 Å². The second kappa shape index (κ2) is 4.69. The Labute approximate surface area is 110 Å². The molecule has 0 N–H and O–H groups in total. The Kier molecular flexibility index (Phi) is 3.04. The van der Waals surface area contributed by atoms with Gasteiger partial charge in [0.2, 0.25) is 0 Å². The fraction of sp³-hybridized carbons (Fsp3) is 0.429. The second-order valence-electron chi connectivity index (χ2n) is 4.88. The predicted molar refractivity (Wildman–Crippen MR) is 73.2 cm³/mol. The van der Waals surface area contributed by atoms with Gasteiger partial charge in [-0.25, -0.2) is 0 Å². The smallest absolute Gasteiger partial charge is 0.153 e. The number of hydrogen-bond acceptors (Lipinski definition) is 3. The maximum atomic E-state index is 11.2. The zero-order chi connectivity index (χ0) is 12.5. The minimum absolute atomic E-state index is 0.485. The van der Waals surface area contributed by atoms with Gasteiger partial charge in [0, 0.05) is 11.1 Å². The molecular formula is C14H16N2OS. The summed E-state index contributed by atoms with van der Waals surface area (Å²) in [5.74, 6) is 0. The van der Waals surface area contributed by atoms with E-state index < -0.39 is 0 Å². The zero-order valence-corrected chi connectivity index (χ0v) is 11.2. The van der Waals surface area contributed by atoms with Crippen LogP contribution in [-0.2, 0) is 0 Å². The van der Waals surface area contributed by atoms with E-state index in [1.807, 2.05) is 16.9 Å². The van der Waals surface area contributed by atoms with Gasteiger partial charge in [0.25, 0.3) is 0 Å². The molecule has 1 aliphatic rings. The molecule has 4 heteroatoms. The standard InChI is InChI=1S/C14H16N2OS/c1-10-6-7-13(18-10)14-11(9-17)8-16(15-14)12-4-2-3-5-12/h6-9,12H,2-5H2,1H3. The van der Waals surface area contributed by atoms with Crippen LogP contribution in [-0.4, -0.2) is 16.1 Å². The van der Waals surface area contributed by atoms with E-state index in [9.17, 15) is 4.79 Å². The largest absolute Gasteiger partial charge is 0.298 e. The molecular weight excluding hydrogens is 244 g/mol. The Bertz CT molecular complexity index is 564. The zero-order valence-electron chi connectivity index (χ0n) is 10.4. The van der Waals surface area contributed by atoms with Crippen molar-refractivity contribution in [3.63, 3.8) is 0 Å². The summed E-state index contributed by atoms with van der Waals surface area (Å²) < 4.78 is 2.00. The molecule has 1 fully saturated rings. The predicted octanol–water partition coefficient (Wildman–Crippen LogP) is 3.85. The van der Waals surface area contributed by atoms with Crippen LogP contribution in [0.2, 0.25) is 0 Å². The van der Waals surface area contributed by atoms with Crippen LogP contribution >= 0.6 is 11.3 Å². The Hall–Kier alpha value is -1.42. The van der Waals surface area contributed by atoms with Crippen LogP contribution in [0.3, 0.4) is 0 Å². The van der Waals surface area contributed by atoms with Crippen molar-refractivity contribution in [3.05, 3.63) is 28.8 Å². The normalized spacial score (nSPS) is 16.3. The van der Waals surface area contributed by atoms with Gasteiger partial charge >= 0.3 is 0 Å². The number of aromatic nitrogens is 2. The van der Waals surface area contributed by atoms with Crippen LogP contribution in [0.25, 0.3) is 10.6 Å². The monoisotopic (exact) mass is 260 g/mol. The molecule has 1 saturated carbocycles. The molecule has 2 aromatic heterocycles. The number of aryl methyl sites for hydroxylation is 1. The van der Waals surface area contributed by atoms with E-state index in [2.05, 4.69) is 18.1 Å². The molecule has 0 aliphatic heterocycles. The Morgan fingerprint density at radius 1 is 1.39 bits per heavy atom. The molecule has 0 amide bonds. The fourth-order valence-corrected chi connectivity index (χ4v) is 3.48. The van der Waals surface area contributed by atoms with Crippen LogP contribution in [0.15, 0.2) is 18.3 Å². The summed E-state index contributed by atoms with van der Waals surface area (Å²) in [6, 6.07) is 4.61. The highest BCUT2D eigenvalue weighted by Crippen LogP contribution is 2.33. The van der Waals surface area contributed by atoms with Crippen molar-refractivity contribution in [1.29, 1.82) is 0 Å². The lowest BCUT2D eigenvalue weighted by Gasteiger charge is -2.08. The molecule has 0 bridgehead atoms. The molecule has 0 unspecified atom stereocenters. The number of hydrogen-bond donors (Lipinski definition) is 0. The van der Waals surface area contributed by atoms with E-state index in [0.29, 0.717) is 11.6 Å². The van der Waals surface area contributed by atoms with Crippen LogP contribution < -0.4 is 0 Å². The molecule has 3 rings (SSSR count). The van der Waals surface area contributed by atoms with E-state index in [1.54, 1.807) is 11.3 Å². The van der Waals surface area contributed by atoms with Crippen molar-refractivity contribution >= 4 is 17.6 Å². The first-order valence-electron chi connectivity index (χ1n) is 6.39. The van der Waals surface area contributed by atoms with Gasteiger partial charge in [0.1, 0.15) is 5.69 Å². The van der Waals surface area contributed by atoms with Gasteiger partial charge in [0.15, 0.2) is 6.29 Å². The van der Waals surface area contributed by atoms with Crippen molar-refractivity contribution in [3.8, 4) is 10.6 Å². The average molecular weight is 260 g/mol. The van der Waals surface area contributed by atoms with Crippen molar-refractivity contribution in [2.45, 2.75) is 38.6 Å². The summed E-state index contributed by atoms with van der Waals surface area (Å²) in [4.78, 5) is 13.5. The van der Waals surface area contributed by atoms with Gasteiger partial charge in [-0.15, -0.1) is 11.3 Å². The highest BCUT2D eigenvalue weighted by atomic mass is 32.1. The van der Waals surface area contributed by atoms with Crippen LogP contribution in [0.5, 0.6) is 0 Å². The first-order valence-corrected chi connectivity index (χ1v) is 7.20. The maximum absolute atomic E-state index is 11.2. The number of aldehydes is 1. The summed E-state index contributed by atoms with van der Waals surface area (Å²) in [7, 11) is 0. The van der Waals surface area contributed by atoms with E-state index in [-0.39, 0.29) is 0 Å². The number of rotatable bonds is 3. The molecule has 2 heterocycles. The highest BCUT2D eigenvalue weighted by molar-refractivity contribution is 7.15. The van der Waals surface area contributed by atoms with Gasteiger partial charge in [-0.3, -0.25) is 9.48 Å². The molecule has 2 aromatic rings. The molecule has 0 radical (unpaired) electrons. The van der Waals surface area contributed by atoms with Gasteiger partial charge in [-0.2, -0.15) is 5.10 Å². The number of carbonyl (C=O) groups is 1.